The van der Waals surface area contributed by atoms with Crippen LogP contribution >= 0.6 is 0 Å². The minimum atomic E-state index is -0.300. The average molecular weight is 341 g/mol. The van der Waals surface area contributed by atoms with Gasteiger partial charge in [-0.25, -0.2) is 9.37 Å². The molecule has 3 heterocycles. The fourth-order valence-corrected chi connectivity index (χ4v) is 3.50. The number of aromatic amines is 1. The van der Waals surface area contributed by atoms with Gasteiger partial charge in [-0.05, 0) is 43.5 Å². The van der Waals surface area contributed by atoms with Gasteiger partial charge in [0.2, 0.25) is 0 Å². The SMILES string of the molecule is CCCn1nccc1C(=O)N1CCC[C@@H]1c1nc2ccc(F)cc2[nH]1. The summed E-state index contributed by atoms with van der Waals surface area (Å²) >= 11 is 0. The van der Waals surface area contributed by atoms with Crippen molar-refractivity contribution >= 4 is 16.9 Å². The number of aryl methyl sites for hydroxylation is 1. The number of fused-ring (bicyclic) bond motifs is 1. The average Bonchev–Trinajstić information content (AvgIpc) is 3.32. The number of aromatic nitrogens is 4. The van der Waals surface area contributed by atoms with E-state index in [0.29, 0.717) is 29.1 Å². The molecule has 0 spiro atoms. The largest absolute Gasteiger partial charge is 0.340 e. The van der Waals surface area contributed by atoms with Crippen LogP contribution in [-0.4, -0.2) is 37.1 Å². The first-order valence-corrected chi connectivity index (χ1v) is 8.65. The van der Waals surface area contributed by atoms with Crippen LogP contribution in [0, 0.1) is 5.82 Å². The number of imidazole rings is 1. The van der Waals surface area contributed by atoms with Gasteiger partial charge in [-0.1, -0.05) is 6.92 Å². The third-order valence-corrected chi connectivity index (χ3v) is 4.66. The molecule has 6 nitrogen and oxygen atoms in total. The Balaban J connectivity index is 1.65. The fourth-order valence-electron chi connectivity index (χ4n) is 3.50. The van der Waals surface area contributed by atoms with E-state index in [1.54, 1.807) is 23.0 Å². The number of rotatable bonds is 4. The molecule has 130 valence electrons. The van der Waals surface area contributed by atoms with E-state index in [9.17, 15) is 9.18 Å². The molecular formula is C18H20FN5O. The van der Waals surface area contributed by atoms with Crippen molar-refractivity contribution in [3.8, 4) is 0 Å². The molecule has 0 bridgehead atoms. The molecule has 1 fully saturated rings. The Bertz CT molecular complexity index is 915. The summed E-state index contributed by atoms with van der Waals surface area (Å²) in [6.07, 6.45) is 4.35. The summed E-state index contributed by atoms with van der Waals surface area (Å²) in [5.41, 5.74) is 1.98. The topological polar surface area (TPSA) is 66.8 Å². The summed E-state index contributed by atoms with van der Waals surface area (Å²) in [7, 11) is 0. The number of halogens is 1. The number of hydrogen-bond donors (Lipinski definition) is 1. The van der Waals surface area contributed by atoms with E-state index in [0.717, 1.165) is 25.8 Å². The van der Waals surface area contributed by atoms with E-state index in [4.69, 9.17) is 0 Å². The first-order valence-electron chi connectivity index (χ1n) is 8.65. The Morgan fingerprint density at radius 2 is 2.28 bits per heavy atom. The van der Waals surface area contributed by atoms with E-state index in [-0.39, 0.29) is 17.8 Å². The van der Waals surface area contributed by atoms with Crippen LogP contribution in [0.15, 0.2) is 30.5 Å². The molecule has 0 aliphatic carbocycles. The number of likely N-dealkylation sites (tertiary alicyclic amines) is 1. The van der Waals surface area contributed by atoms with Gasteiger partial charge in [0, 0.05) is 19.3 Å². The van der Waals surface area contributed by atoms with Crippen LogP contribution in [0.3, 0.4) is 0 Å². The molecule has 3 aromatic rings. The number of amides is 1. The van der Waals surface area contributed by atoms with E-state index < -0.39 is 0 Å². The molecule has 1 amide bonds. The second-order valence-corrected chi connectivity index (χ2v) is 6.38. The number of carbonyl (C=O) groups is 1. The molecule has 0 radical (unpaired) electrons. The molecule has 1 aromatic carbocycles. The van der Waals surface area contributed by atoms with Crippen LogP contribution in [0.1, 0.15) is 48.5 Å². The lowest BCUT2D eigenvalue weighted by atomic mass is 10.2. The van der Waals surface area contributed by atoms with Crippen molar-refractivity contribution in [1.82, 2.24) is 24.6 Å². The maximum Gasteiger partial charge on any atom is 0.272 e. The molecule has 1 saturated heterocycles. The number of hydrogen-bond acceptors (Lipinski definition) is 3. The molecule has 1 N–H and O–H groups in total. The molecule has 2 aromatic heterocycles. The van der Waals surface area contributed by atoms with Crippen molar-refractivity contribution in [3.63, 3.8) is 0 Å². The number of carbonyl (C=O) groups excluding carboxylic acids is 1. The maximum atomic E-state index is 13.4. The van der Waals surface area contributed by atoms with Crippen molar-refractivity contribution in [2.24, 2.45) is 0 Å². The number of nitrogens with one attached hydrogen (secondary N) is 1. The predicted octanol–water partition coefficient (Wildman–Crippen LogP) is 3.29. The van der Waals surface area contributed by atoms with Crippen LogP contribution < -0.4 is 0 Å². The highest BCUT2D eigenvalue weighted by molar-refractivity contribution is 5.93. The van der Waals surface area contributed by atoms with Gasteiger partial charge in [-0.3, -0.25) is 9.48 Å². The van der Waals surface area contributed by atoms with Gasteiger partial charge < -0.3 is 9.88 Å². The monoisotopic (exact) mass is 341 g/mol. The van der Waals surface area contributed by atoms with Crippen LogP contribution in [0.25, 0.3) is 11.0 Å². The van der Waals surface area contributed by atoms with Crippen molar-refractivity contribution in [2.45, 2.75) is 38.8 Å². The molecule has 1 aliphatic heterocycles. The molecule has 1 aliphatic rings. The van der Waals surface area contributed by atoms with Gasteiger partial charge in [0.1, 0.15) is 17.3 Å². The number of benzene rings is 1. The molecule has 1 atom stereocenters. The Labute approximate surface area is 144 Å². The van der Waals surface area contributed by atoms with Crippen LogP contribution in [0.4, 0.5) is 4.39 Å². The third kappa shape index (κ3) is 2.79. The Hall–Kier alpha value is -2.70. The second kappa shape index (κ2) is 6.31. The van der Waals surface area contributed by atoms with Crippen LogP contribution in [0.2, 0.25) is 0 Å². The highest BCUT2D eigenvalue weighted by Gasteiger charge is 2.33. The first-order chi connectivity index (χ1) is 12.2. The smallest absolute Gasteiger partial charge is 0.272 e. The van der Waals surface area contributed by atoms with Gasteiger partial charge in [0.15, 0.2) is 0 Å². The normalized spacial score (nSPS) is 17.5. The van der Waals surface area contributed by atoms with Crippen LogP contribution in [-0.2, 0) is 6.54 Å². The standard InChI is InChI=1S/C18H20FN5O/c1-2-9-24-16(7-8-20-24)18(25)23-10-3-4-15(23)17-21-13-6-5-12(19)11-14(13)22-17/h5-8,11,15H,2-4,9-10H2,1H3,(H,21,22)/t15-/m1/s1. The fraction of sp³-hybridized carbons (Fsp3) is 0.389. The van der Waals surface area contributed by atoms with E-state index in [1.165, 1.54) is 12.1 Å². The van der Waals surface area contributed by atoms with Crippen LogP contribution in [0.5, 0.6) is 0 Å². The Morgan fingerprint density at radius 3 is 3.12 bits per heavy atom. The summed E-state index contributed by atoms with van der Waals surface area (Å²) in [4.78, 5) is 22.6. The van der Waals surface area contributed by atoms with Crippen molar-refractivity contribution < 1.29 is 9.18 Å². The molecule has 25 heavy (non-hydrogen) atoms. The zero-order valence-electron chi connectivity index (χ0n) is 14.1. The summed E-state index contributed by atoms with van der Waals surface area (Å²) in [6, 6.07) is 6.13. The summed E-state index contributed by atoms with van der Waals surface area (Å²) < 4.78 is 15.2. The van der Waals surface area contributed by atoms with Gasteiger partial charge in [0.05, 0.1) is 17.1 Å². The lowest BCUT2D eigenvalue weighted by Gasteiger charge is -2.23. The van der Waals surface area contributed by atoms with Gasteiger partial charge in [-0.15, -0.1) is 0 Å². The predicted molar refractivity (Wildman–Crippen MR) is 91.6 cm³/mol. The number of H-pyrrole nitrogens is 1. The molecule has 0 unspecified atom stereocenters. The minimum absolute atomic E-state index is 0.0277. The highest BCUT2D eigenvalue weighted by Crippen LogP contribution is 2.32. The second-order valence-electron chi connectivity index (χ2n) is 6.38. The number of nitrogens with zero attached hydrogens (tertiary/aromatic N) is 4. The van der Waals surface area contributed by atoms with Crippen molar-refractivity contribution in [2.75, 3.05) is 6.54 Å². The zero-order valence-corrected chi connectivity index (χ0v) is 14.1. The van der Waals surface area contributed by atoms with E-state index >= 15 is 0 Å². The van der Waals surface area contributed by atoms with Gasteiger partial charge in [0.25, 0.3) is 5.91 Å². The zero-order chi connectivity index (χ0) is 17.4. The van der Waals surface area contributed by atoms with Gasteiger partial charge in [-0.2, -0.15) is 5.10 Å². The molecular weight excluding hydrogens is 321 g/mol. The Kier molecular flexibility index (Phi) is 3.99. The maximum absolute atomic E-state index is 13.4. The summed E-state index contributed by atoms with van der Waals surface area (Å²) in [6.45, 7) is 3.46. The summed E-state index contributed by atoms with van der Waals surface area (Å²) in [5.74, 6) is 0.388. The third-order valence-electron chi connectivity index (χ3n) is 4.66. The lowest BCUT2D eigenvalue weighted by Crippen LogP contribution is -2.32. The first kappa shape index (κ1) is 15.8. The molecule has 0 saturated carbocycles. The van der Waals surface area contributed by atoms with Crippen molar-refractivity contribution in [1.29, 1.82) is 0 Å². The Morgan fingerprint density at radius 1 is 1.40 bits per heavy atom. The minimum Gasteiger partial charge on any atom is -0.340 e. The molecule has 7 heteroatoms. The quantitative estimate of drug-likeness (QED) is 0.792. The van der Waals surface area contributed by atoms with Crippen molar-refractivity contribution in [3.05, 3.63) is 47.8 Å². The van der Waals surface area contributed by atoms with Gasteiger partial charge >= 0.3 is 0 Å². The molecule has 4 rings (SSSR count). The highest BCUT2D eigenvalue weighted by atomic mass is 19.1. The lowest BCUT2D eigenvalue weighted by molar-refractivity contribution is 0.0717. The van der Waals surface area contributed by atoms with E-state index in [1.807, 2.05) is 4.90 Å². The van der Waals surface area contributed by atoms with E-state index in [2.05, 4.69) is 22.0 Å². The summed E-state index contributed by atoms with van der Waals surface area (Å²) in [5, 5.41) is 4.24.